The summed E-state index contributed by atoms with van der Waals surface area (Å²) in [5.74, 6) is -0.871. The minimum atomic E-state index is -1.27. The third kappa shape index (κ3) is 5.91. The Bertz CT molecular complexity index is 1150. The summed E-state index contributed by atoms with van der Waals surface area (Å²) in [4.78, 5) is 48.3. The van der Waals surface area contributed by atoms with Gasteiger partial charge in [-0.25, -0.2) is 14.6 Å². The predicted octanol–water partition coefficient (Wildman–Crippen LogP) is 3.02. The molecule has 0 saturated carbocycles. The second kappa shape index (κ2) is 11.5. The first-order valence-corrected chi connectivity index (χ1v) is 11.9. The first-order valence-electron chi connectivity index (χ1n) is 11.9. The zero-order valence-electron chi connectivity index (χ0n) is 20.2. The summed E-state index contributed by atoms with van der Waals surface area (Å²) in [6.07, 6.45) is 3.93. The van der Waals surface area contributed by atoms with Gasteiger partial charge in [-0.2, -0.15) is 0 Å². The lowest BCUT2D eigenvalue weighted by atomic mass is 9.81. The van der Waals surface area contributed by atoms with E-state index in [0.717, 1.165) is 11.1 Å². The van der Waals surface area contributed by atoms with Crippen molar-refractivity contribution in [3.63, 3.8) is 0 Å². The molecule has 188 valence electrons. The number of esters is 1. The third-order valence-electron chi connectivity index (χ3n) is 6.39. The number of carbonyl (C=O) groups is 3. The van der Waals surface area contributed by atoms with Gasteiger partial charge < -0.3 is 24.7 Å². The minimum absolute atomic E-state index is 0.0800. The highest BCUT2D eigenvalue weighted by atomic mass is 16.5. The number of aromatic nitrogens is 2. The number of alkyl carbamates (subject to hydrolysis) is 1. The number of ether oxygens (including phenoxy) is 2. The number of carbonyl (C=O) groups excluding carboxylic acids is 3. The monoisotopic (exact) mass is 490 g/mol. The zero-order chi connectivity index (χ0) is 25.4. The Kier molecular flexibility index (Phi) is 7.99. The van der Waals surface area contributed by atoms with Gasteiger partial charge in [0.2, 0.25) is 5.91 Å². The molecule has 9 nitrogen and oxygen atoms in total. The van der Waals surface area contributed by atoms with Crippen LogP contribution in [0, 0.1) is 0 Å². The summed E-state index contributed by atoms with van der Waals surface area (Å²) >= 11 is 0. The van der Waals surface area contributed by atoms with Crippen LogP contribution >= 0.6 is 0 Å². The molecule has 36 heavy (non-hydrogen) atoms. The standard InChI is InChI=1S/C27H30N4O5/c1-35-24(32)23(15-22-17-28-19-29-22)31-14-8-13-27(25(31)33,16-20-9-4-2-5-10-20)30-26(34)36-18-21-11-6-3-7-12-21/h2-7,9-12,17,19,23H,8,13-16,18H2,1H3,(H,28,29)(H,30,34)/t23?,27-/m1/s1. The van der Waals surface area contributed by atoms with E-state index in [1.54, 1.807) is 6.20 Å². The summed E-state index contributed by atoms with van der Waals surface area (Å²) in [7, 11) is 1.30. The minimum Gasteiger partial charge on any atom is -0.467 e. The molecular weight excluding hydrogens is 460 g/mol. The Morgan fingerprint density at radius 2 is 1.81 bits per heavy atom. The lowest BCUT2D eigenvalue weighted by Gasteiger charge is -2.44. The molecule has 1 aromatic heterocycles. The summed E-state index contributed by atoms with van der Waals surface area (Å²) in [6, 6.07) is 18.0. The first-order chi connectivity index (χ1) is 17.5. The van der Waals surface area contributed by atoms with Crippen molar-refractivity contribution in [3.05, 3.63) is 90.0 Å². The van der Waals surface area contributed by atoms with Crippen molar-refractivity contribution >= 4 is 18.0 Å². The molecule has 2 N–H and O–H groups in total. The molecule has 1 saturated heterocycles. The quantitative estimate of drug-likeness (QED) is 0.446. The molecule has 2 amide bonds. The molecule has 2 aromatic carbocycles. The fourth-order valence-electron chi connectivity index (χ4n) is 4.62. The largest absolute Gasteiger partial charge is 0.467 e. The number of methoxy groups -OCH3 is 1. The Balaban J connectivity index is 1.59. The van der Waals surface area contributed by atoms with E-state index in [1.165, 1.54) is 18.3 Å². The Labute approximate surface area is 209 Å². The number of rotatable bonds is 9. The van der Waals surface area contributed by atoms with Crippen molar-refractivity contribution < 1.29 is 23.9 Å². The predicted molar refractivity (Wildman–Crippen MR) is 132 cm³/mol. The highest BCUT2D eigenvalue weighted by Crippen LogP contribution is 2.29. The highest BCUT2D eigenvalue weighted by Gasteiger charge is 2.48. The Morgan fingerprint density at radius 1 is 1.11 bits per heavy atom. The average molecular weight is 491 g/mol. The van der Waals surface area contributed by atoms with Gasteiger partial charge >= 0.3 is 12.1 Å². The Hall–Kier alpha value is -4.14. The molecule has 0 radical (unpaired) electrons. The molecule has 4 rings (SSSR count). The fraction of sp³-hybridized carbons (Fsp3) is 0.333. The van der Waals surface area contributed by atoms with Gasteiger partial charge in [0.05, 0.1) is 13.4 Å². The number of imidazole rings is 1. The van der Waals surface area contributed by atoms with E-state index < -0.39 is 23.6 Å². The first kappa shape index (κ1) is 25.0. The van der Waals surface area contributed by atoms with Crippen LogP contribution in [0.5, 0.6) is 0 Å². The van der Waals surface area contributed by atoms with E-state index >= 15 is 0 Å². The van der Waals surface area contributed by atoms with Crippen molar-refractivity contribution in [1.29, 1.82) is 0 Å². The smallest absolute Gasteiger partial charge is 0.408 e. The molecule has 2 atom stereocenters. The van der Waals surface area contributed by atoms with Crippen LogP contribution < -0.4 is 5.32 Å². The van der Waals surface area contributed by atoms with E-state index in [1.807, 2.05) is 60.7 Å². The van der Waals surface area contributed by atoms with Crippen molar-refractivity contribution in [1.82, 2.24) is 20.2 Å². The number of hydrogen-bond acceptors (Lipinski definition) is 6. The third-order valence-corrected chi connectivity index (χ3v) is 6.39. The topological polar surface area (TPSA) is 114 Å². The number of hydrogen-bond donors (Lipinski definition) is 2. The molecule has 1 unspecified atom stereocenters. The lowest BCUT2D eigenvalue weighted by Crippen LogP contribution is -2.66. The van der Waals surface area contributed by atoms with Crippen LogP contribution in [0.3, 0.4) is 0 Å². The van der Waals surface area contributed by atoms with Gasteiger partial charge in [-0.05, 0) is 24.0 Å². The number of amides is 2. The van der Waals surface area contributed by atoms with E-state index in [4.69, 9.17) is 9.47 Å². The second-order valence-electron chi connectivity index (χ2n) is 8.85. The maximum absolute atomic E-state index is 14.1. The van der Waals surface area contributed by atoms with Gasteiger partial charge in [-0.3, -0.25) is 4.79 Å². The van der Waals surface area contributed by atoms with Crippen LogP contribution in [0.15, 0.2) is 73.2 Å². The van der Waals surface area contributed by atoms with E-state index in [2.05, 4.69) is 15.3 Å². The van der Waals surface area contributed by atoms with Gasteiger partial charge in [-0.15, -0.1) is 0 Å². The number of nitrogens with zero attached hydrogens (tertiary/aromatic N) is 2. The lowest BCUT2D eigenvalue weighted by molar-refractivity contribution is -0.157. The van der Waals surface area contributed by atoms with Gasteiger partial charge in [0.25, 0.3) is 0 Å². The SMILES string of the molecule is COC(=O)C(Cc1cnc[nH]1)N1CCC[C@](Cc2ccccc2)(NC(=O)OCc2ccccc2)C1=O. The fourth-order valence-corrected chi connectivity index (χ4v) is 4.62. The molecule has 9 heteroatoms. The maximum Gasteiger partial charge on any atom is 0.408 e. The summed E-state index contributed by atoms with van der Waals surface area (Å²) in [6.45, 7) is 0.445. The second-order valence-corrected chi connectivity index (χ2v) is 8.85. The normalized spacial score (nSPS) is 18.4. The number of piperidine rings is 1. The molecular formula is C27H30N4O5. The van der Waals surface area contributed by atoms with Gasteiger partial charge in [-0.1, -0.05) is 60.7 Å². The number of H-pyrrole nitrogens is 1. The van der Waals surface area contributed by atoms with E-state index in [9.17, 15) is 14.4 Å². The number of likely N-dealkylation sites (tertiary alicyclic amines) is 1. The number of benzene rings is 2. The van der Waals surface area contributed by atoms with Crippen molar-refractivity contribution in [3.8, 4) is 0 Å². The van der Waals surface area contributed by atoms with Gasteiger partial charge in [0.1, 0.15) is 18.2 Å². The molecule has 2 heterocycles. The van der Waals surface area contributed by atoms with Crippen LogP contribution in [0.1, 0.15) is 29.7 Å². The molecule has 0 bridgehead atoms. The zero-order valence-corrected chi connectivity index (χ0v) is 20.2. The summed E-state index contributed by atoms with van der Waals surface area (Å²) in [5.41, 5.74) is 1.16. The van der Waals surface area contributed by atoms with Crippen molar-refractivity contribution in [2.75, 3.05) is 13.7 Å². The summed E-state index contributed by atoms with van der Waals surface area (Å²) in [5, 5.41) is 2.88. The van der Waals surface area contributed by atoms with Crippen LogP contribution in [-0.2, 0) is 38.5 Å². The average Bonchev–Trinajstić information content (AvgIpc) is 3.42. The summed E-state index contributed by atoms with van der Waals surface area (Å²) < 4.78 is 10.5. The van der Waals surface area contributed by atoms with E-state index in [-0.39, 0.29) is 25.4 Å². The number of aromatic amines is 1. The molecule has 1 aliphatic rings. The molecule has 0 spiro atoms. The highest BCUT2D eigenvalue weighted by molar-refractivity contribution is 5.94. The van der Waals surface area contributed by atoms with Crippen molar-refractivity contribution in [2.24, 2.45) is 0 Å². The maximum atomic E-state index is 14.1. The van der Waals surface area contributed by atoms with Gasteiger partial charge in [0.15, 0.2) is 0 Å². The Morgan fingerprint density at radius 3 is 2.44 bits per heavy atom. The van der Waals surface area contributed by atoms with Crippen LogP contribution in [0.25, 0.3) is 0 Å². The van der Waals surface area contributed by atoms with Crippen LogP contribution in [0.4, 0.5) is 4.79 Å². The van der Waals surface area contributed by atoms with Crippen LogP contribution in [0.2, 0.25) is 0 Å². The molecule has 0 aliphatic carbocycles. The molecule has 3 aromatic rings. The van der Waals surface area contributed by atoms with Crippen LogP contribution in [-0.4, -0.2) is 58.1 Å². The molecule has 1 fully saturated rings. The van der Waals surface area contributed by atoms with E-state index in [0.29, 0.717) is 25.1 Å². The molecule has 1 aliphatic heterocycles. The van der Waals surface area contributed by atoms with Crippen molar-refractivity contribution in [2.45, 2.75) is 43.9 Å². The van der Waals surface area contributed by atoms with Gasteiger partial charge in [0, 0.05) is 31.3 Å². The number of nitrogens with one attached hydrogen (secondary N) is 2.